The number of hydrogen-bond acceptors (Lipinski definition) is 4. The van der Waals surface area contributed by atoms with Crippen molar-refractivity contribution in [1.82, 2.24) is 0 Å². The van der Waals surface area contributed by atoms with Crippen LogP contribution in [0.3, 0.4) is 0 Å². The number of hydrogen-bond donors (Lipinski definition) is 2. The zero-order valence-electron chi connectivity index (χ0n) is 7.65. The molecule has 1 N–H and O–H groups in total. The van der Waals surface area contributed by atoms with E-state index < -0.39 is 0 Å². The van der Waals surface area contributed by atoms with Gasteiger partial charge < -0.3 is 9.84 Å². The van der Waals surface area contributed by atoms with E-state index in [0.29, 0.717) is 0 Å². The van der Waals surface area contributed by atoms with Gasteiger partial charge in [0.1, 0.15) is 0 Å². The van der Waals surface area contributed by atoms with E-state index in [2.05, 4.69) is 12.6 Å². The lowest BCUT2D eigenvalue weighted by molar-refractivity contribution is 0.282. The molecular formula is C10H10O2S2. The maximum Gasteiger partial charge on any atom is 0.174 e. The summed E-state index contributed by atoms with van der Waals surface area (Å²) in [6, 6.07) is 5.79. The van der Waals surface area contributed by atoms with Gasteiger partial charge in [0.25, 0.3) is 0 Å². The Bertz CT molecular complexity index is 462. The van der Waals surface area contributed by atoms with Gasteiger partial charge in [0.2, 0.25) is 0 Å². The molecule has 0 aliphatic carbocycles. The summed E-state index contributed by atoms with van der Waals surface area (Å²) in [6.07, 6.45) is 0. The second kappa shape index (κ2) is 3.81. The van der Waals surface area contributed by atoms with Crippen molar-refractivity contribution in [3.8, 4) is 5.06 Å². The standard InChI is InChI=1S/C10H10O2S2/c1-12-9-4-7-2-6(5-11)3-8(13)10(7)14-9/h2-4,11,13H,5H2,1H3. The average Bonchev–Trinajstić information content (AvgIpc) is 2.61. The molecule has 0 aliphatic rings. The third-order valence-corrected chi connectivity index (χ3v) is 3.67. The van der Waals surface area contributed by atoms with E-state index in [1.165, 1.54) is 0 Å². The quantitative estimate of drug-likeness (QED) is 0.771. The molecule has 0 fully saturated rings. The Morgan fingerprint density at radius 3 is 2.86 bits per heavy atom. The zero-order valence-corrected chi connectivity index (χ0v) is 9.36. The van der Waals surface area contributed by atoms with Crippen molar-refractivity contribution in [1.29, 1.82) is 0 Å². The van der Waals surface area contributed by atoms with Crippen molar-refractivity contribution in [2.75, 3.05) is 7.11 Å². The van der Waals surface area contributed by atoms with Gasteiger partial charge in [-0.05, 0) is 29.1 Å². The average molecular weight is 226 g/mol. The molecule has 14 heavy (non-hydrogen) atoms. The van der Waals surface area contributed by atoms with Crippen LogP contribution in [0.4, 0.5) is 0 Å². The fourth-order valence-electron chi connectivity index (χ4n) is 1.36. The number of aliphatic hydroxyl groups is 1. The van der Waals surface area contributed by atoms with E-state index in [4.69, 9.17) is 9.84 Å². The Morgan fingerprint density at radius 1 is 1.43 bits per heavy atom. The number of benzene rings is 1. The third-order valence-electron chi connectivity index (χ3n) is 2.02. The minimum Gasteiger partial charge on any atom is -0.487 e. The van der Waals surface area contributed by atoms with Crippen molar-refractivity contribution in [3.63, 3.8) is 0 Å². The molecule has 0 radical (unpaired) electrons. The first-order valence-corrected chi connectivity index (χ1v) is 5.41. The normalized spacial score (nSPS) is 10.8. The van der Waals surface area contributed by atoms with Crippen molar-refractivity contribution in [2.45, 2.75) is 11.5 Å². The van der Waals surface area contributed by atoms with Crippen LogP contribution >= 0.6 is 24.0 Å². The van der Waals surface area contributed by atoms with E-state index in [1.54, 1.807) is 18.4 Å². The monoisotopic (exact) mass is 226 g/mol. The Labute approximate surface area is 91.5 Å². The summed E-state index contributed by atoms with van der Waals surface area (Å²) in [6.45, 7) is 0.0433. The van der Waals surface area contributed by atoms with Crippen LogP contribution in [0.2, 0.25) is 0 Å². The second-order valence-corrected chi connectivity index (χ2v) is 4.46. The molecule has 0 spiro atoms. The van der Waals surface area contributed by atoms with Crippen LogP contribution in [-0.4, -0.2) is 12.2 Å². The Kier molecular flexibility index (Phi) is 2.67. The highest BCUT2D eigenvalue weighted by Gasteiger charge is 2.06. The van der Waals surface area contributed by atoms with Crippen LogP contribution in [0.25, 0.3) is 10.1 Å². The molecule has 2 aromatic rings. The molecule has 0 saturated heterocycles. The highest BCUT2D eigenvalue weighted by Crippen LogP contribution is 2.36. The van der Waals surface area contributed by atoms with Gasteiger partial charge in [-0.25, -0.2) is 0 Å². The summed E-state index contributed by atoms with van der Waals surface area (Å²) in [7, 11) is 1.65. The van der Waals surface area contributed by atoms with Crippen LogP contribution in [0, 0.1) is 0 Å². The van der Waals surface area contributed by atoms with E-state index in [-0.39, 0.29) is 6.61 Å². The number of thiophene rings is 1. The lowest BCUT2D eigenvalue weighted by Crippen LogP contribution is -1.81. The van der Waals surface area contributed by atoms with E-state index in [1.807, 2.05) is 18.2 Å². The first-order valence-electron chi connectivity index (χ1n) is 4.15. The van der Waals surface area contributed by atoms with Gasteiger partial charge in [-0.15, -0.1) is 12.6 Å². The summed E-state index contributed by atoms with van der Waals surface area (Å²) >= 11 is 5.93. The summed E-state index contributed by atoms with van der Waals surface area (Å²) in [5.41, 5.74) is 0.878. The zero-order chi connectivity index (χ0) is 10.1. The van der Waals surface area contributed by atoms with Gasteiger partial charge >= 0.3 is 0 Å². The maximum atomic E-state index is 9.02. The van der Waals surface area contributed by atoms with Crippen molar-refractivity contribution in [3.05, 3.63) is 23.8 Å². The molecule has 1 heterocycles. The predicted octanol–water partition coefficient (Wildman–Crippen LogP) is 2.69. The minimum absolute atomic E-state index is 0.0433. The lowest BCUT2D eigenvalue weighted by Gasteiger charge is -1.98. The van der Waals surface area contributed by atoms with E-state index >= 15 is 0 Å². The highest BCUT2D eigenvalue weighted by molar-refractivity contribution is 7.80. The number of rotatable bonds is 2. The molecule has 1 aromatic heterocycles. The largest absolute Gasteiger partial charge is 0.487 e. The number of fused-ring (bicyclic) bond motifs is 1. The van der Waals surface area contributed by atoms with Crippen LogP contribution in [0.5, 0.6) is 5.06 Å². The number of ether oxygens (including phenoxy) is 1. The van der Waals surface area contributed by atoms with Gasteiger partial charge in [0.05, 0.1) is 18.4 Å². The number of methoxy groups -OCH3 is 1. The molecule has 0 amide bonds. The fraction of sp³-hybridized carbons (Fsp3) is 0.200. The fourth-order valence-corrected chi connectivity index (χ4v) is 2.66. The van der Waals surface area contributed by atoms with Crippen molar-refractivity contribution in [2.24, 2.45) is 0 Å². The topological polar surface area (TPSA) is 29.5 Å². The van der Waals surface area contributed by atoms with E-state index in [9.17, 15) is 0 Å². The summed E-state index contributed by atoms with van der Waals surface area (Å²) < 4.78 is 6.25. The molecule has 74 valence electrons. The first-order chi connectivity index (χ1) is 6.74. The summed E-state index contributed by atoms with van der Waals surface area (Å²) in [5.74, 6) is 0. The SMILES string of the molecule is COc1cc2cc(CO)cc(S)c2s1. The maximum absolute atomic E-state index is 9.02. The van der Waals surface area contributed by atoms with Crippen molar-refractivity contribution >= 4 is 34.1 Å². The molecule has 0 saturated carbocycles. The Morgan fingerprint density at radius 2 is 2.21 bits per heavy atom. The van der Waals surface area contributed by atoms with Crippen LogP contribution in [-0.2, 0) is 6.61 Å². The van der Waals surface area contributed by atoms with Crippen LogP contribution < -0.4 is 4.74 Å². The number of thiol groups is 1. The predicted molar refractivity (Wildman–Crippen MR) is 61.6 cm³/mol. The van der Waals surface area contributed by atoms with Crippen LogP contribution in [0.15, 0.2) is 23.1 Å². The van der Waals surface area contributed by atoms with Crippen molar-refractivity contribution < 1.29 is 9.84 Å². The molecule has 0 bridgehead atoms. The smallest absolute Gasteiger partial charge is 0.174 e. The van der Waals surface area contributed by atoms with Gasteiger partial charge in [0.15, 0.2) is 5.06 Å². The molecule has 0 aliphatic heterocycles. The van der Waals surface area contributed by atoms with Gasteiger partial charge in [-0.3, -0.25) is 0 Å². The summed E-state index contributed by atoms with van der Waals surface area (Å²) in [5, 5.41) is 11.0. The molecule has 0 unspecified atom stereocenters. The van der Waals surface area contributed by atoms with Gasteiger partial charge in [-0.2, -0.15) is 0 Å². The molecular weight excluding hydrogens is 216 g/mol. The third kappa shape index (κ3) is 1.61. The molecule has 2 rings (SSSR count). The molecule has 0 atom stereocenters. The molecule has 4 heteroatoms. The van der Waals surface area contributed by atoms with Crippen LogP contribution in [0.1, 0.15) is 5.56 Å². The molecule has 1 aromatic carbocycles. The Hall–Kier alpha value is -0.710. The minimum atomic E-state index is 0.0433. The van der Waals surface area contributed by atoms with Gasteiger partial charge in [-0.1, -0.05) is 11.3 Å². The molecule has 2 nitrogen and oxygen atoms in total. The van der Waals surface area contributed by atoms with Gasteiger partial charge in [0, 0.05) is 4.90 Å². The lowest BCUT2D eigenvalue weighted by atomic mass is 10.2. The van der Waals surface area contributed by atoms with E-state index in [0.717, 1.165) is 25.6 Å². The first kappa shape index (κ1) is 9.83. The highest BCUT2D eigenvalue weighted by atomic mass is 32.1. The summed E-state index contributed by atoms with van der Waals surface area (Å²) in [4.78, 5) is 0.889. The number of aliphatic hydroxyl groups excluding tert-OH is 1. The Balaban J connectivity index is 2.67. The second-order valence-electron chi connectivity index (χ2n) is 2.96.